The van der Waals surface area contributed by atoms with Crippen LogP contribution in [0.3, 0.4) is 0 Å². The van der Waals surface area contributed by atoms with Crippen LogP contribution in [0.25, 0.3) is 0 Å². The van der Waals surface area contributed by atoms with Crippen LogP contribution >= 0.6 is 11.6 Å². The highest BCUT2D eigenvalue weighted by atomic mass is 35.5. The number of hydrogen-bond donors (Lipinski definition) is 2. The van der Waals surface area contributed by atoms with Crippen molar-refractivity contribution in [1.29, 1.82) is 0 Å². The van der Waals surface area contributed by atoms with Crippen molar-refractivity contribution in [3.05, 3.63) is 83.0 Å². The fourth-order valence-electron chi connectivity index (χ4n) is 2.96. The lowest BCUT2D eigenvalue weighted by atomic mass is 9.98. The summed E-state index contributed by atoms with van der Waals surface area (Å²) >= 11 is 6.01. The monoisotopic (exact) mass is 409 g/mol. The third-order valence-electron chi connectivity index (χ3n) is 4.39. The van der Waals surface area contributed by atoms with Crippen LogP contribution in [0.4, 0.5) is 11.5 Å². The molecule has 3 rings (SSSR count). The lowest BCUT2D eigenvalue weighted by molar-refractivity contribution is 0.102. The van der Waals surface area contributed by atoms with Gasteiger partial charge >= 0.3 is 0 Å². The maximum atomic E-state index is 12.3. The Morgan fingerprint density at radius 2 is 1.72 bits per heavy atom. The van der Waals surface area contributed by atoms with Crippen LogP contribution in [-0.2, 0) is 0 Å². The maximum absolute atomic E-state index is 12.3. The Kier molecular flexibility index (Phi) is 7.16. The predicted molar refractivity (Wildman–Crippen MR) is 118 cm³/mol. The number of rotatable bonds is 8. The summed E-state index contributed by atoms with van der Waals surface area (Å²) in [5, 5.41) is 15.0. The molecular formula is C22H24ClN5O. The normalized spacial score (nSPS) is 11.9. The van der Waals surface area contributed by atoms with Crippen molar-refractivity contribution in [3.63, 3.8) is 0 Å². The molecule has 0 bridgehead atoms. The van der Waals surface area contributed by atoms with E-state index >= 15 is 0 Å². The molecule has 0 radical (unpaired) electrons. The van der Waals surface area contributed by atoms with Crippen LogP contribution in [0.2, 0.25) is 5.02 Å². The van der Waals surface area contributed by atoms with Crippen LogP contribution in [0.5, 0.6) is 0 Å². The molecule has 2 aromatic carbocycles. The summed E-state index contributed by atoms with van der Waals surface area (Å²) in [7, 11) is 4.09. The summed E-state index contributed by atoms with van der Waals surface area (Å²) < 4.78 is 0. The van der Waals surface area contributed by atoms with Crippen LogP contribution in [0, 0.1) is 0 Å². The zero-order chi connectivity index (χ0) is 20.6. The molecular weight excluding hydrogens is 386 g/mol. The molecule has 150 valence electrons. The van der Waals surface area contributed by atoms with E-state index in [-0.39, 0.29) is 17.5 Å². The minimum atomic E-state index is -0.290. The van der Waals surface area contributed by atoms with E-state index in [1.165, 1.54) is 5.56 Å². The van der Waals surface area contributed by atoms with E-state index in [0.29, 0.717) is 12.4 Å². The zero-order valence-corrected chi connectivity index (χ0v) is 17.2. The first-order valence-corrected chi connectivity index (χ1v) is 9.73. The lowest BCUT2D eigenvalue weighted by Crippen LogP contribution is -2.26. The van der Waals surface area contributed by atoms with Gasteiger partial charge in [0.25, 0.3) is 5.91 Å². The largest absolute Gasteiger partial charge is 0.368 e. The number of amides is 1. The molecule has 29 heavy (non-hydrogen) atoms. The van der Waals surface area contributed by atoms with Gasteiger partial charge in [-0.2, -0.15) is 0 Å². The molecule has 2 N–H and O–H groups in total. The number of carbonyl (C=O) groups is 1. The van der Waals surface area contributed by atoms with Crippen molar-refractivity contribution >= 4 is 29.0 Å². The molecule has 1 amide bonds. The van der Waals surface area contributed by atoms with Gasteiger partial charge in [0, 0.05) is 29.7 Å². The number of likely N-dealkylation sites (N-methyl/N-ethyl adjacent to an activating group) is 1. The van der Waals surface area contributed by atoms with E-state index in [4.69, 9.17) is 11.6 Å². The Hall–Kier alpha value is -2.96. The van der Waals surface area contributed by atoms with Crippen LogP contribution in [0.1, 0.15) is 22.0 Å². The highest BCUT2D eigenvalue weighted by Crippen LogP contribution is 2.20. The molecule has 3 aromatic rings. The number of carbonyl (C=O) groups excluding carboxylic acids is 1. The van der Waals surface area contributed by atoms with Crippen molar-refractivity contribution in [1.82, 2.24) is 15.1 Å². The zero-order valence-electron chi connectivity index (χ0n) is 16.5. The van der Waals surface area contributed by atoms with Gasteiger partial charge in [-0.3, -0.25) is 4.79 Å². The number of anilines is 2. The Bertz CT molecular complexity index is 914. The third kappa shape index (κ3) is 6.27. The molecule has 0 fully saturated rings. The van der Waals surface area contributed by atoms with E-state index in [0.717, 1.165) is 17.3 Å². The minimum absolute atomic E-state index is 0.255. The number of nitrogens with one attached hydrogen (secondary N) is 2. The average Bonchev–Trinajstić information content (AvgIpc) is 2.72. The molecule has 6 nitrogen and oxygen atoms in total. The molecule has 0 aliphatic heterocycles. The molecule has 0 saturated heterocycles. The highest BCUT2D eigenvalue weighted by molar-refractivity contribution is 6.30. The third-order valence-corrected chi connectivity index (χ3v) is 4.64. The molecule has 0 aliphatic rings. The topological polar surface area (TPSA) is 70.2 Å². The standard InChI is InChI=1S/C22H24ClN5O/c1-28(2)15-17(16-8-10-18(23)11-9-16)14-24-21-13-12-20(26-27-21)22(29)25-19-6-4-3-5-7-19/h3-13,17H,14-15H2,1-2H3,(H,24,27)(H,25,29). The first-order chi connectivity index (χ1) is 14.0. The van der Waals surface area contributed by atoms with Gasteiger partial charge in [0.2, 0.25) is 0 Å². The second-order valence-corrected chi connectivity index (χ2v) is 7.45. The average molecular weight is 410 g/mol. The van der Waals surface area contributed by atoms with E-state index in [1.54, 1.807) is 12.1 Å². The fourth-order valence-corrected chi connectivity index (χ4v) is 3.08. The predicted octanol–water partition coefficient (Wildman–Crippen LogP) is 4.14. The van der Waals surface area contributed by atoms with Crippen molar-refractivity contribution in [2.45, 2.75) is 5.92 Å². The fraction of sp³-hybridized carbons (Fsp3) is 0.227. The maximum Gasteiger partial charge on any atom is 0.276 e. The summed E-state index contributed by atoms with van der Waals surface area (Å²) in [6, 6.07) is 20.6. The van der Waals surface area contributed by atoms with Gasteiger partial charge in [-0.1, -0.05) is 41.9 Å². The van der Waals surface area contributed by atoms with Gasteiger partial charge in [0.15, 0.2) is 5.69 Å². The summed E-state index contributed by atoms with van der Waals surface area (Å²) in [4.78, 5) is 14.4. The van der Waals surface area contributed by atoms with Crippen LogP contribution in [0.15, 0.2) is 66.7 Å². The second-order valence-electron chi connectivity index (χ2n) is 7.02. The van der Waals surface area contributed by atoms with Gasteiger partial charge in [0.1, 0.15) is 5.82 Å². The highest BCUT2D eigenvalue weighted by Gasteiger charge is 2.14. The number of halogens is 1. The van der Waals surface area contributed by atoms with Crippen LogP contribution < -0.4 is 10.6 Å². The number of benzene rings is 2. The number of hydrogen-bond acceptors (Lipinski definition) is 5. The Morgan fingerprint density at radius 1 is 1.00 bits per heavy atom. The van der Waals surface area contributed by atoms with E-state index in [1.807, 2.05) is 68.7 Å². The van der Waals surface area contributed by atoms with E-state index < -0.39 is 0 Å². The first-order valence-electron chi connectivity index (χ1n) is 9.35. The second kappa shape index (κ2) is 10.0. The van der Waals surface area contributed by atoms with Gasteiger partial charge in [-0.25, -0.2) is 0 Å². The number of nitrogens with zero attached hydrogens (tertiary/aromatic N) is 3. The summed E-state index contributed by atoms with van der Waals surface area (Å²) in [5.74, 6) is 0.589. The molecule has 1 aromatic heterocycles. The molecule has 1 heterocycles. The van der Waals surface area contributed by atoms with Gasteiger partial charge < -0.3 is 15.5 Å². The van der Waals surface area contributed by atoms with Crippen molar-refractivity contribution in [2.75, 3.05) is 37.8 Å². The van der Waals surface area contributed by atoms with Gasteiger partial charge in [-0.05, 0) is 56.1 Å². The quantitative estimate of drug-likeness (QED) is 0.585. The summed E-state index contributed by atoms with van der Waals surface area (Å²) in [6.45, 7) is 1.56. The molecule has 1 unspecified atom stereocenters. The molecule has 0 saturated carbocycles. The number of aromatic nitrogens is 2. The number of para-hydroxylation sites is 1. The molecule has 0 aliphatic carbocycles. The summed E-state index contributed by atoms with van der Waals surface area (Å²) in [5.41, 5.74) is 2.18. The van der Waals surface area contributed by atoms with Gasteiger partial charge in [0.05, 0.1) is 0 Å². The Balaban J connectivity index is 1.61. The lowest BCUT2D eigenvalue weighted by Gasteiger charge is -2.22. The van der Waals surface area contributed by atoms with Crippen molar-refractivity contribution < 1.29 is 4.79 Å². The van der Waals surface area contributed by atoms with Crippen molar-refractivity contribution in [2.24, 2.45) is 0 Å². The Morgan fingerprint density at radius 3 is 2.34 bits per heavy atom. The molecule has 1 atom stereocenters. The SMILES string of the molecule is CN(C)CC(CNc1ccc(C(=O)Nc2ccccc2)nn1)c1ccc(Cl)cc1. The Labute approximate surface area is 175 Å². The van der Waals surface area contributed by atoms with Gasteiger partial charge in [-0.15, -0.1) is 10.2 Å². The van der Waals surface area contributed by atoms with Crippen LogP contribution in [-0.4, -0.2) is 48.2 Å². The first kappa shape index (κ1) is 20.8. The van der Waals surface area contributed by atoms with E-state index in [2.05, 4.69) is 25.7 Å². The van der Waals surface area contributed by atoms with Crippen molar-refractivity contribution in [3.8, 4) is 0 Å². The minimum Gasteiger partial charge on any atom is -0.368 e. The smallest absolute Gasteiger partial charge is 0.276 e. The molecule has 7 heteroatoms. The summed E-state index contributed by atoms with van der Waals surface area (Å²) in [6.07, 6.45) is 0. The molecule has 0 spiro atoms. The van der Waals surface area contributed by atoms with E-state index in [9.17, 15) is 4.79 Å².